The van der Waals surface area contributed by atoms with E-state index in [1.54, 1.807) is 52.0 Å². The molecule has 0 saturated carbocycles. The molecule has 2 rings (SSSR count). The van der Waals surface area contributed by atoms with Gasteiger partial charge in [-0.3, -0.25) is 47.9 Å². The lowest BCUT2D eigenvalue weighted by Crippen LogP contribution is -2.61. The summed E-state index contributed by atoms with van der Waals surface area (Å²) in [4.78, 5) is 145. The monoisotopic (exact) mass is 960 g/mol. The summed E-state index contributed by atoms with van der Waals surface area (Å²) in [7, 11) is 0. The maximum absolute atomic E-state index is 14.2. The van der Waals surface area contributed by atoms with Gasteiger partial charge in [0.2, 0.25) is 47.3 Å². The van der Waals surface area contributed by atoms with Crippen LogP contribution >= 0.6 is 0 Å². The first-order valence-electron chi connectivity index (χ1n) is 21.9. The normalized spacial score (nSPS) is 15.1. The van der Waals surface area contributed by atoms with Gasteiger partial charge in [0.1, 0.15) is 36.3 Å². The van der Waals surface area contributed by atoms with E-state index in [1.165, 1.54) is 6.20 Å². The molecule has 16 N–H and O–H groups in total. The minimum Gasteiger partial charge on any atom is -0.481 e. The fourth-order valence-electron chi connectivity index (χ4n) is 6.84. The van der Waals surface area contributed by atoms with Crippen molar-refractivity contribution < 1.29 is 73.2 Å². The second-order valence-corrected chi connectivity index (χ2v) is 16.7. The number of hydrogen-bond acceptors (Lipinski definition) is 13. The number of benzene rings is 1. The summed E-state index contributed by atoms with van der Waals surface area (Å²) >= 11 is 0. The molecule has 9 atom stereocenters. The number of carboxylic acid groups (broad SMARTS) is 3. The average Bonchev–Trinajstić information content (AvgIpc) is 3.67. The van der Waals surface area contributed by atoms with Gasteiger partial charge in [0.25, 0.3) is 0 Å². The fraction of sp³-hybridized carbons (Fsp3) is 0.558. The Kier molecular flexibility index (Phi) is 23.0. The molecule has 0 fully saturated rings. The summed E-state index contributed by atoms with van der Waals surface area (Å²) in [6.45, 7) is 7.28. The van der Waals surface area contributed by atoms with Crippen molar-refractivity contribution in [3.05, 3.63) is 36.0 Å². The van der Waals surface area contributed by atoms with E-state index in [0.717, 1.165) is 6.92 Å². The number of aliphatic hydroxyl groups is 1. The van der Waals surface area contributed by atoms with Crippen LogP contribution in [0.15, 0.2) is 30.5 Å². The van der Waals surface area contributed by atoms with Crippen LogP contribution in [0.1, 0.15) is 85.1 Å². The number of primary amides is 1. The highest BCUT2D eigenvalue weighted by molar-refractivity contribution is 5.98. The molecule has 0 bridgehead atoms. The number of aromatic amines is 1. The highest BCUT2D eigenvalue weighted by Gasteiger charge is 2.37. The number of nitrogens with two attached hydrogens (primary N) is 2. The second-order valence-electron chi connectivity index (χ2n) is 16.7. The molecule has 0 spiro atoms. The molecule has 0 unspecified atom stereocenters. The number of aromatic nitrogens is 1. The lowest BCUT2D eigenvalue weighted by Gasteiger charge is -2.30. The first-order chi connectivity index (χ1) is 31.9. The van der Waals surface area contributed by atoms with Gasteiger partial charge < -0.3 is 74.1 Å². The maximum atomic E-state index is 14.2. The summed E-state index contributed by atoms with van der Waals surface area (Å²) in [5.41, 5.74) is 11.8. The molecule has 0 aliphatic carbocycles. The highest BCUT2D eigenvalue weighted by atomic mass is 16.4. The number of nitrogens with one attached hydrogen (secondary N) is 8. The molecule has 25 nitrogen and oxygen atoms in total. The van der Waals surface area contributed by atoms with E-state index in [2.05, 4.69) is 42.2 Å². The van der Waals surface area contributed by atoms with Gasteiger partial charge >= 0.3 is 17.9 Å². The van der Waals surface area contributed by atoms with Gasteiger partial charge in [-0.15, -0.1) is 0 Å². The molecule has 0 radical (unpaired) electrons. The zero-order chi connectivity index (χ0) is 51.4. The number of aliphatic hydroxyl groups excluding tert-OH is 1. The van der Waals surface area contributed by atoms with Gasteiger partial charge in [-0.2, -0.15) is 0 Å². The predicted molar refractivity (Wildman–Crippen MR) is 240 cm³/mol. The van der Waals surface area contributed by atoms with Crippen molar-refractivity contribution in [2.75, 3.05) is 6.54 Å². The van der Waals surface area contributed by atoms with Crippen LogP contribution in [0.5, 0.6) is 0 Å². The Bertz CT molecular complexity index is 2140. The lowest BCUT2D eigenvalue weighted by molar-refractivity contribution is -0.145. The molecule has 68 heavy (non-hydrogen) atoms. The maximum Gasteiger partial charge on any atom is 0.328 e. The fourth-order valence-corrected chi connectivity index (χ4v) is 6.84. The second kappa shape index (κ2) is 27.5. The van der Waals surface area contributed by atoms with Crippen molar-refractivity contribution >= 4 is 76.1 Å². The van der Waals surface area contributed by atoms with Gasteiger partial charge in [-0.1, -0.05) is 52.3 Å². The number of amides is 8. The minimum absolute atomic E-state index is 0.00568. The van der Waals surface area contributed by atoms with Crippen molar-refractivity contribution in [1.82, 2.24) is 42.2 Å². The largest absolute Gasteiger partial charge is 0.481 e. The first-order valence-corrected chi connectivity index (χ1v) is 21.9. The summed E-state index contributed by atoms with van der Waals surface area (Å²) in [6.07, 6.45) is -3.15. The third kappa shape index (κ3) is 18.6. The number of rotatable bonds is 30. The minimum atomic E-state index is -1.75. The van der Waals surface area contributed by atoms with Crippen LogP contribution in [-0.2, 0) is 59.2 Å². The molecule has 1 heterocycles. The summed E-state index contributed by atoms with van der Waals surface area (Å²) in [6, 6.07) is -4.33. The van der Waals surface area contributed by atoms with Crippen molar-refractivity contribution in [3.8, 4) is 0 Å². The van der Waals surface area contributed by atoms with Crippen LogP contribution < -0.4 is 48.7 Å². The molecule has 376 valence electrons. The molecule has 25 heteroatoms. The SMILES string of the molecule is CC[C@H](C)[C@H](NC(=O)[C@H](CCC(N)=O)NC(=O)[C@H](CCC(=O)O)NC(=O)[C@H](Cc1c[nH]c2ccccc12)NC(=O)[C@H](CC(=O)O)NC(=O)CN)C(=O)N[C@@H](CC(C)C)C(=O)N[C@H](C(=O)O)[C@@H](C)O. The van der Waals surface area contributed by atoms with Crippen LogP contribution in [0, 0.1) is 11.8 Å². The molecule has 2 aromatic rings. The predicted octanol–water partition coefficient (Wildman–Crippen LogP) is -2.77. The van der Waals surface area contributed by atoms with Crippen molar-refractivity contribution in [2.45, 2.75) is 134 Å². The summed E-state index contributed by atoms with van der Waals surface area (Å²) in [5.74, 6) is -13.3. The third-order valence-corrected chi connectivity index (χ3v) is 10.7. The zero-order valence-corrected chi connectivity index (χ0v) is 38.5. The van der Waals surface area contributed by atoms with E-state index < -0.39 is 158 Å². The molecular formula is C43H64N10O15. The molecule has 0 saturated heterocycles. The number of carbonyl (C=O) groups is 11. The van der Waals surface area contributed by atoms with Gasteiger partial charge in [-0.05, 0) is 49.7 Å². The van der Waals surface area contributed by atoms with Crippen LogP contribution in [0.25, 0.3) is 10.9 Å². The first kappa shape index (κ1) is 57.0. The summed E-state index contributed by atoms with van der Waals surface area (Å²) < 4.78 is 0. The topological polar surface area (TPSA) is 421 Å². The number of para-hydroxylation sites is 1. The van der Waals surface area contributed by atoms with Crippen molar-refractivity contribution in [2.24, 2.45) is 23.3 Å². The van der Waals surface area contributed by atoms with E-state index in [4.69, 9.17) is 11.5 Å². The zero-order valence-electron chi connectivity index (χ0n) is 38.5. The molecule has 0 aliphatic heterocycles. The average molecular weight is 961 g/mol. The van der Waals surface area contributed by atoms with Crippen LogP contribution in [0.4, 0.5) is 0 Å². The number of aliphatic carboxylic acids is 3. The standard InChI is InChI=1S/C43H64N10O15/c1-6-21(4)35(42(66)51-28(15-20(2)3)41(65)53-36(22(5)54)43(67)68)52-38(62)26(11-13-31(45)55)48-37(61)27(12-14-33(57)58)49-39(63)29(16-23-19-46-25-10-8-7-9-24(23)25)50-40(64)30(17-34(59)60)47-32(56)18-44/h7-10,19-22,26-30,35-36,46,54H,6,11-18,44H2,1-5H3,(H2,45,55)(H,47,56)(H,48,61)(H,49,63)(H,50,64)(H,51,66)(H,52,62)(H,53,65)(H,57,58)(H,59,60)(H,67,68)/t21-,22+,26-,27-,28-,29-,30-,35-,36-/m0/s1. The Morgan fingerprint density at radius 1 is 0.632 bits per heavy atom. The van der Waals surface area contributed by atoms with Crippen molar-refractivity contribution in [3.63, 3.8) is 0 Å². The van der Waals surface area contributed by atoms with E-state index >= 15 is 0 Å². The van der Waals surface area contributed by atoms with Crippen LogP contribution in [0.3, 0.4) is 0 Å². The number of hydrogen-bond donors (Lipinski definition) is 14. The van der Waals surface area contributed by atoms with Crippen molar-refractivity contribution in [1.29, 1.82) is 0 Å². The Morgan fingerprint density at radius 3 is 1.68 bits per heavy atom. The quantitative estimate of drug-likeness (QED) is 0.0377. The Labute approximate surface area is 391 Å². The molecule has 1 aromatic heterocycles. The number of H-pyrrole nitrogens is 1. The van der Waals surface area contributed by atoms with Gasteiger partial charge in [0, 0.05) is 36.4 Å². The van der Waals surface area contributed by atoms with Crippen LogP contribution in [-0.4, -0.2) is 146 Å². The molecule has 0 aliphatic rings. The Morgan fingerprint density at radius 2 is 1.15 bits per heavy atom. The van der Waals surface area contributed by atoms with E-state index in [0.29, 0.717) is 16.5 Å². The van der Waals surface area contributed by atoms with E-state index in [-0.39, 0.29) is 25.2 Å². The van der Waals surface area contributed by atoms with E-state index in [1.807, 2.05) is 0 Å². The number of carboxylic acids is 3. The van der Waals surface area contributed by atoms with E-state index in [9.17, 15) is 73.2 Å². The number of carbonyl (C=O) groups excluding carboxylic acids is 8. The lowest BCUT2D eigenvalue weighted by atomic mass is 9.96. The van der Waals surface area contributed by atoms with Crippen LogP contribution in [0.2, 0.25) is 0 Å². The smallest absolute Gasteiger partial charge is 0.328 e. The Balaban J connectivity index is 2.52. The Hall–Kier alpha value is -7.15. The molecular weight excluding hydrogens is 897 g/mol. The van der Waals surface area contributed by atoms with Gasteiger partial charge in [0.15, 0.2) is 6.04 Å². The highest BCUT2D eigenvalue weighted by Crippen LogP contribution is 2.20. The molecule has 1 aromatic carbocycles. The third-order valence-electron chi connectivity index (χ3n) is 10.7. The van der Waals surface area contributed by atoms with Gasteiger partial charge in [0.05, 0.1) is 19.1 Å². The number of fused-ring (bicyclic) bond motifs is 1. The molecule has 8 amide bonds. The van der Waals surface area contributed by atoms with Gasteiger partial charge in [-0.25, -0.2) is 4.79 Å². The summed E-state index contributed by atoms with van der Waals surface area (Å²) in [5, 5.41) is 55.7.